The Morgan fingerprint density at radius 2 is 1.84 bits per heavy atom. The van der Waals surface area contributed by atoms with Crippen LogP contribution in [0.4, 0.5) is 0 Å². The van der Waals surface area contributed by atoms with Gasteiger partial charge in [0.05, 0.1) is 18.6 Å². The fourth-order valence-electron chi connectivity index (χ4n) is 7.44. The number of rotatable bonds is 1. The first-order valence-corrected chi connectivity index (χ1v) is 11.5. The fraction of sp³-hybridized carbons (Fsp3) is 0.615. The summed E-state index contributed by atoms with van der Waals surface area (Å²) in [5.41, 5.74) is -0.716. The Morgan fingerprint density at radius 1 is 1.09 bits per heavy atom. The third kappa shape index (κ3) is 2.68. The molecule has 2 fully saturated rings. The normalized spacial score (nSPS) is 44.9. The molecule has 32 heavy (non-hydrogen) atoms. The van der Waals surface area contributed by atoms with E-state index >= 15 is 0 Å². The molecule has 6 nitrogen and oxygen atoms in total. The van der Waals surface area contributed by atoms with E-state index in [1.807, 2.05) is 32.9 Å². The van der Waals surface area contributed by atoms with Crippen LogP contribution in [0.1, 0.15) is 65.5 Å². The van der Waals surface area contributed by atoms with Crippen molar-refractivity contribution in [3.63, 3.8) is 0 Å². The SMILES string of the molecule is CC1(C)[C@@H](O)C=C[C@]2(C)[C@H]1CC(=O)O[C@@]1(C)C3=CC(=O)O[C@@H](c4ccoc4)[C@]3(C)CC[C@@H]21. The number of hydrogen-bond acceptors (Lipinski definition) is 6. The van der Waals surface area contributed by atoms with Crippen molar-refractivity contribution >= 4 is 11.9 Å². The minimum atomic E-state index is -0.961. The van der Waals surface area contributed by atoms with E-state index in [0.29, 0.717) is 0 Å². The molecule has 6 heteroatoms. The lowest BCUT2D eigenvalue weighted by Crippen LogP contribution is -2.59. The zero-order valence-electron chi connectivity index (χ0n) is 19.4. The molecule has 1 saturated heterocycles. The first-order chi connectivity index (χ1) is 14.9. The number of aliphatic hydroxyl groups excluding tert-OH is 1. The molecular weight excluding hydrogens is 408 g/mol. The standard InChI is InChI=1S/C26H32O6/c1-23(2)17-12-21(29)32-26(5)16(24(17,3)10-7-19(23)27)6-9-25(4)18(26)13-20(28)31-22(25)15-8-11-30-14-15/h7-8,10-11,13-14,16-17,19,22,27H,6,9,12H2,1-5H3/t16-,17-,19-,22-,24-,25+,26+/m0/s1. The molecule has 5 rings (SSSR count). The monoisotopic (exact) mass is 440 g/mol. The number of furan rings is 1. The third-order valence-electron chi connectivity index (χ3n) is 9.18. The molecule has 2 aliphatic heterocycles. The lowest BCUT2D eigenvalue weighted by Gasteiger charge is -2.59. The van der Waals surface area contributed by atoms with Crippen molar-refractivity contribution in [1.82, 2.24) is 0 Å². The lowest BCUT2D eigenvalue weighted by atomic mass is 9.46. The van der Waals surface area contributed by atoms with Gasteiger partial charge in [-0.1, -0.05) is 39.8 Å². The molecule has 0 spiro atoms. The van der Waals surface area contributed by atoms with Gasteiger partial charge in [-0.25, -0.2) is 4.79 Å². The van der Waals surface area contributed by atoms with Gasteiger partial charge in [0.1, 0.15) is 11.7 Å². The molecule has 2 aliphatic carbocycles. The summed E-state index contributed by atoms with van der Waals surface area (Å²) in [7, 11) is 0. The maximum Gasteiger partial charge on any atom is 0.331 e. The van der Waals surface area contributed by atoms with Gasteiger partial charge in [-0.2, -0.15) is 0 Å². The number of fused-ring (bicyclic) bond motifs is 5. The quantitative estimate of drug-likeness (QED) is 0.511. The summed E-state index contributed by atoms with van der Waals surface area (Å²) in [5.74, 6) is -0.836. The van der Waals surface area contributed by atoms with Crippen LogP contribution in [0.5, 0.6) is 0 Å². The van der Waals surface area contributed by atoms with E-state index in [0.717, 1.165) is 24.0 Å². The van der Waals surface area contributed by atoms with Crippen LogP contribution in [0.15, 0.2) is 46.8 Å². The Morgan fingerprint density at radius 3 is 2.53 bits per heavy atom. The number of carbonyl (C=O) groups excluding carboxylic acids is 2. The highest BCUT2D eigenvalue weighted by Gasteiger charge is 2.66. The lowest BCUT2D eigenvalue weighted by molar-refractivity contribution is -0.175. The number of cyclic esters (lactones) is 1. The van der Waals surface area contributed by atoms with Crippen molar-refractivity contribution in [2.45, 2.75) is 71.7 Å². The van der Waals surface area contributed by atoms with Crippen molar-refractivity contribution < 1.29 is 28.6 Å². The van der Waals surface area contributed by atoms with Crippen molar-refractivity contribution in [3.8, 4) is 0 Å². The number of ether oxygens (including phenoxy) is 2. The maximum absolute atomic E-state index is 13.2. The van der Waals surface area contributed by atoms with Crippen LogP contribution in [0.2, 0.25) is 0 Å². The van der Waals surface area contributed by atoms with Crippen molar-refractivity contribution in [2.24, 2.45) is 28.1 Å². The second-order valence-corrected chi connectivity index (χ2v) is 11.3. The molecule has 1 aromatic rings. The second kappa shape index (κ2) is 6.60. The topological polar surface area (TPSA) is 86.0 Å². The number of carbonyl (C=O) groups is 2. The average Bonchev–Trinajstić information content (AvgIpc) is 3.21. The minimum Gasteiger partial charge on any atom is -0.472 e. The van der Waals surface area contributed by atoms with Crippen molar-refractivity contribution in [3.05, 3.63) is 48.0 Å². The molecule has 172 valence electrons. The molecule has 3 heterocycles. The highest BCUT2D eigenvalue weighted by molar-refractivity contribution is 5.85. The summed E-state index contributed by atoms with van der Waals surface area (Å²) >= 11 is 0. The zero-order valence-corrected chi connectivity index (χ0v) is 19.4. The summed E-state index contributed by atoms with van der Waals surface area (Å²) in [6, 6.07) is 1.82. The van der Waals surface area contributed by atoms with Gasteiger partial charge in [-0.15, -0.1) is 0 Å². The van der Waals surface area contributed by atoms with Gasteiger partial charge in [-0.05, 0) is 48.2 Å². The number of hydrogen-bond donors (Lipinski definition) is 1. The summed E-state index contributed by atoms with van der Waals surface area (Å²) in [5, 5.41) is 10.7. The molecule has 0 aromatic carbocycles. The van der Waals surface area contributed by atoms with E-state index in [9.17, 15) is 14.7 Å². The largest absolute Gasteiger partial charge is 0.472 e. The van der Waals surface area contributed by atoms with Gasteiger partial charge in [0.25, 0.3) is 0 Å². The van der Waals surface area contributed by atoms with Gasteiger partial charge < -0.3 is 19.0 Å². The second-order valence-electron chi connectivity index (χ2n) is 11.3. The fourth-order valence-corrected chi connectivity index (χ4v) is 7.44. The predicted molar refractivity (Wildman–Crippen MR) is 116 cm³/mol. The number of aliphatic hydroxyl groups is 1. The van der Waals surface area contributed by atoms with Gasteiger partial charge >= 0.3 is 11.9 Å². The molecule has 7 atom stereocenters. The van der Waals surface area contributed by atoms with Crippen molar-refractivity contribution in [2.75, 3.05) is 0 Å². The van der Waals surface area contributed by atoms with Gasteiger partial charge in [-0.3, -0.25) is 4.79 Å². The molecule has 1 aromatic heterocycles. The molecule has 0 amide bonds. The van der Waals surface area contributed by atoms with Crippen LogP contribution >= 0.6 is 0 Å². The predicted octanol–water partition coefficient (Wildman–Crippen LogP) is 4.51. The Labute approximate surface area is 188 Å². The summed E-state index contributed by atoms with van der Waals surface area (Å²) in [6.07, 6.45) is 9.39. The van der Waals surface area contributed by atoms with Crippen LogP contribution in [0, 0.1) is 28.1 Å². The Balaban J connectivity index is 1.67. The van der Waals surface area contributed by atoms with Crippen LogP contribution < -0.4 is 0 Å². The summed E-state index contributed by atoms with van der Waals surface area (Å²) in [4.78, 5) is 26.0. The Hall–Kier alpha value is -2.34. The average molecular weight is 441 g/mol. The van der Waals surface area contributed by atoms with Crippen LogP contribution in [-0.2, 0) is 19.1 Å². The molecule has 4 aliphatic rings. The van der Waals surface area contributed by atoms with Crippen LogP contribution in [0.3, 0.4) is 0 Å². The van der Waals surface area contributed by atoms with E-state index < -0.39 is 34.6 Å². The molecular formula is C26H32O6. The zero-order chi connectivity index (χ0) is 23.1. The molecule has 0 bridgehead atoms. The maximum atomic E-state index is 13.2. The highest BCUT2D eigenvalue weighted by Crippen LogP contribution is 2.66. The molecule has 1 N–H and O–H groups in total. The molecule has 1 saturated carbocycles. The minimum absolute atomic E-state index is 0.0373. The first-order valence-electron chi connectivity index (χ1n) is 11.5. The summed E-state index contributed by atoms with van der Waals surface area (Å²) in [6.45, 7) is 10.3. The molecule has 0 unspecified atom stereocenters. The van der Waals surface area contributed by atoms with Gasteiger partial charge in [0.15, 0.2) is 0 Å². The van der Waals surface area contributed by atoms with E-state index in [1.165, 1.54) is 0 Å². The first kappa shape index (κ1) is 21.5. The highest BCUT2D eigenvalue weighted by atomic mass is 16.6. The van der Waals surface area contributed by atoms with E-state index in [4.69, 9.17) is 13.9 Å². The number of esters is 2. The van der Waals surface area contributed by atoms with Crippen LogP contribution in [0.25, 0.3) is 0 Å². The van der Waals surface area contributed by atoms with E-state index in [1.54, 1.807) is 18.6 Å². The smallest absolute Gasteiger partial charge is 0.331 e. The van der Waals surface area contributed by atoms with E-state index in [2.05, 4.69) is 19.9 Å². The number of allylic oxidation sites excluding steroid dienone is 1. The Bertz CT molecular complexity index is 1020. The summed E-state index contributed by atoms with van der Waals surface area (Å²) < 4.78 is 17.4. The van der Waals surface area contributed by atoms with Gasteiger partial charge in [0.2, 0.25) is 0 Å². The Kier molecular flexibility index (Phi) is 4.43. The van der Waals surface area contributed by atoms with Crippen molar-refractivity contribution in [1.29, 1.82) is 0 Å². The van der Waals surface area contributed by atoms with Crippen LogP contribution in [-0.4, -0.2) is 28.8 Å². The molecule has 0 radical (unpaired) electrons. The van der Waals surface area contributed by atoms with E-state index in [-0.39, 0.29) is 29.6 Å². The third-order valence-corrected chi connectivity index (χ3v) is 9.18. The van der Waals surface area contributed by atoms with Gasteiger partial charge in [0, 0.05) is 29.4 Å².